The van der Waals surface area contributed by atoms with E-state index in [0.717, 1.165) is 4.57 Å². The van der Waals surface area contributed by atoms with Crippen molar-refractivity contribution in [3.63, 3.8) is 0 Å². The van der Waals surface area contributed by atoms with Crippen LogP contribution in [0.2, 0.25) is 0 Å². The molecule has 0 atom stereocenters. The molecule has 0 saturated carbocycles. The van der Waals surface area contributed by atoms with E-state index in [4.69, 9.17) is 0 Å². The van der Waals surface area contributed by atoms with Gasteiger partial charge in [-0.3, -0.25) is 9.55 Å². The Balaban J connectivity index is 1.98. The molecule has 1 aromatic carbocycles. The Kier molecular flexibility index (Phi) is 5.52. The first-order chi connectivity index (χ1) is 13.2. The van der Waals surface area contributed by atoms with Crippen molar-refractivity contribution in [3.8, 4) is 11.6 Å². The Hall–Kier alpha value is -2.72. The van der Waals surface area contributed by atoms with E-state index in [0.29, 0.717) is 16.8 Å². The molecule has 0 saturated heterocycles. The minimum atomic E-state index is -4.41. The van der Waals surface area contributed by atoms with E-state index in [-0.39, 0.29) is 41.4 Å². The number of aromatic nitrogens is 3. The Morgan fingerprint density at radius 1 is 1.14 bits per heavy atom. The van der Waals surface area contributed by atoms with Crippen LogP contribution in [0, 0.1) is 6.92 Å². The number of aliphatic hydroxyl groups is 1. The number of imidazole rings is 1. The van der Waals surface area contributed by atoms with Crippen LogP contribution in [0.3, 0.4) is 0 Å². The minimum absolute atomic E-state index is 0.0238. The zero-order valence-electron chi connectivity index (χ0n) is 14.6. The van der Waals surface area contributed by atoms with Gasteiger partial charge in [-0.15, -0.1) is 0 Å². The second-order valence-corrected chi connectivity index (χ2v) is 7.10. The van der Waals surface area contributed by atoms with E-state index in [1.807, 2.05) is 0 Å². The molecular formula is C18H16F3N3O3S. The summed E-state index contributed by atoms with van der Waals surface area (Å²) in [6.45, 7) is 1.41. The van der Waals surface area contributed by atoms with Crippen LogP contribution in [-0.2, 0) is 13.2 Å². The lowest BCUT2D eigenvalue weighted by molar-refractivity contribution is -0.0328. The fourth-order valence-corrected chi connectivity index (χ4v) is 3.32. The number of aromatic hydroxyl groups is 1. The van der Waals surface area contributed by atoms with Crippen LogP contribution in [0.25, 0.3) is 5.69 Å². The minimum Gasteiger partial charge on any atom is -0.493 e. The molecule has 0 bridgehead atoms. The van der Waals surface area contributed by atoms with Crippen LogP contribution in [0.4, 0.5) is 13.2 Å². The molecule has 148 valence electrons. The first kappa shape index (κ1) is 20.0. The molecule has 0 spiro atoms. The van der Waals surface area contributed by atoms with Gasteiger partial charge in [-0.25, -0.2) is 9.36 Å². The van der Waals surface area contributed by atoms with Crippen molar-refractivity contribution in [2.45, 2.75) is 30.5 Å². The summed E-state index contributed by atoms with van der Waals surface area (Å²) in [5.41, 5.74) is -3.21. The Morgan fingerprint density at radius 3 is 2.43 bits per heavy atom. The Labute approximate surface area is 161 Å². The van der Waals surface area contributed by atoms with Gasteiger partial charge in [-0.05, 0) is 54.6 Å². The van der Waals surface area contributed by atoms with Crippen molar-refractivity contribution in [2.24, 2.45) is 0 Å². The van der Waals surface area contributed by atoms with E-state index in [9.17, 15) is 28.2 Å². The highest BCUT2D eigenvalue weighted by Gasteiger charge is 2.29. The summed E-state index contributed by atoms with van der Waals surface area (Å²) in [7, 11) is 0. The summed E-state index contributed by atoms with van der Waals surface area (Å²) < 4.78 is 39.7. The lowest BCUT2D eigenvalue weighted by Crippen LogP contribution is -2.24. The van der Waals surface area contributed by atoms with E-state index in [2.05, 4.69) is 4.98 Å². The quantitative estimate of drug-likeness (QED) is 0.631. The van der Waals surface area contributed by atoms with Gasteiger partial charge in [-0.2, -0.15) is 13.2 Å². The van der Waals surface area contributed by atoms with Gasteiger partial charge in [0.15, 0.2) is 0 Å². The van der Waals surface area contributed by atoms with Gasteiger partial charge in [0.05, 0.1) is 24.5 Å². The molecule has 2 N–H and O–H groups in total. The highest BCUT2D eigenvalue weighted by atomic mass is 32.2. The molecular weight excluding hydrogens is 395 g/mol. The number of aliphatic hydroxyl groups excluding tert-OH is 1. The standard InChI is InChI=1S/C18H16F3N3O3S/c1-11-16(26)24(14-2-4-15(5-3-14)28-18(19,20)21)17(27)23(11)9-12-6-7-22-8-13(12)10-25/h2-8,25-26H,9-10H2,1H3. The predicted molar refractivity (Wildman–Crippen MR) is 97.6 cm³/mol. The van der Waals surface area contributed by atoms with E-state index < -0.39 is 11.2 Å². The van der Waals surface area contributed by atoms with Gasteiger partial charge in [0.25, 0.3) is 0 Å². The highest BCUT2D eigenvalue weighted by molar-refractivity contribution is 8.00. The number of halogens is 3. The van der Waals surface area contributed by atoms with Crippen molar-refractivity contribution in [1.29, 1.82) is 0 Å². The van der Waals surface area contributed by atoms with Crippen LogP contribution in [0.15, 0.2) is 52.4 Å². The molecule has 0 aliphatic rings. The summed E-state index contributed by atoms with van der Waals surface area (Å²) in [5, 5.41) is 19.8. The van der Waals surface area contributed by atoms with E-state index in [1.54, 1.807) is 13.0 Å². The number of thioether (sulfide) groups is 1. The summed E-state index contributed by atoms with van der Waals surface area (Å²) in [6.07, 6.45) is 3.02. The smallest absolute Gasteiger partial charge is 0.446 e. The number of alkyl halides is 3. The number of rotatable bonds is 5. The molecule has 3 rings (SSSR count). The Morgan fingerprint density at radius 2 is 1.82 bits per heavy atom. The van der Waals surface area contributed by atoms with Crippen LogP contribution in [-0.4, -0.2) is 29.8 Å². The predicted octanol–water partition coefficient (Wildman–Crippen LogP) is 3.20. The first-order valence-corrected chi connectivity index (χ1v) is 8.93. The maximum atomic E-state index is 12.8. The maximum absolute atomic E-state index is 12.8. The second-order valence-electron chi connectivity index (χ2n) is 5.96. The fourth-order valence-electron chi connectivity index (χ4n) is 2.78. The molecule has 0 unspecified atom stereocenters. The maximum Gasteiger partial charge on any atom is 0.446 e. The molecule has 28 heavy (non-hydrogen) atoms. The number of nitrogens with zero attached hydrogens (tertiary/aromatic N) is 3. The van der Waals surface area contributed by atoms with Gasteiger partial charge in [-0.1, -0.05) is 0 Å². The van der Waals surface area contributed by atoms with Gasteiger partial charge in [0, 0.05) is 22.9 Å². The molecule has 3 aromatic rings. The Bertz CT molecular complexity index is 1040. The summed E-state index contributed by atoms with van der Waals surface area (Å²) >= 11 is -0.257. The van der Waals surface area contributed by atoms with Crippen LogP contribution in [0.5, 0.6) is 5.88 Å². The van der Waals surface area contributed by atoms with Crippen molar-refractivity contribution in [3.05, 3.63) is 70.0 Å². The third kappa shape index (κ3) is 4.07. The number of hydrogen-bond acceptors (Lipinski definition) is 5. The number of hydrogen-bond donors (Lipinski definition) is 2. The average Bonchev–Trinajstić information content (AvgIpc) is 2.85. The molecule has 0 aliphatic heterocycles. The van der Waals surface area contributed by atoms with Crippen LogP contribution < -0.4 is 5.69 Å². The highest BCUT2D eigenvalue weighted by Crippen LogP contribution is 2.37. The van der Waals surface area contributed by atoms with Crippen molar-refractivity contribution >= 4 is 11.8 Å². The number of pyridine rings is 1. The first-order valence-electron chi connectivity index (χ1n) is 8.11. The topological polar surface area (TPSA) is 80.3 Å². The fraction of sp³-hybridized carbons (Fsp3) is 0.222. The second kappa shape index (κ2) is 7.72. The molecule has 10 heteroatoms. The molecule has 0 aliphatic carbocycles. The molecule has 2 aromatic heterocycles. The largest absolute Gasteiger partial charge is 0.493 e. The third-order valence-corrected chi connectivity index (χ3v) is 4.93. The molecule has 6 nitrogen and oxygen atoms in total. The van der Waals surface area contributed by atoms with Crippen molar-refractivity contribution < 1.29 is 23.4 Å². The zero-order chi connectivity index (χ0) is 20.5. The third-order valence-electron chi connectivity index (χ3n) is 4.19. The summed E-state index contributed by atoms with van der Waals surface area (Å²) in [6, 6.07) is 6.81. The van der Waals surface area contributed by atoms with Crippen LogP contribution >= 0.6 is 11.8 Å². The lowest BCUT2D eigenvalue weighted by atomic mass is 10.1. The van der Waals surface area contributed by atoms with Crippen molar-refractivity contribution in [1.82, 2.24) is 14.1 Å². The van der Waals surface area contributed by atoms with Gasteiger partial charge >= 0.3 is 11.2 Å². The monoisotopic (exact) mass is 411 g/mol. The molecule has 0 amide bonds. The van der Waals surface area contributed by atoms with Crippen LogP contribution in [0.1, 0.15) is 16.8 Å². The van der Waals surface area contributed by atoms with Gasteiger partial charge in [0.2, 0.25) is 5.88 Å². The molecule has 0 fully saturated rings. The summed E-state index contributed by atoms with van der Waals surface area (Å²) in [5.74, 6) is -0.305. The summed E-state index contributed by atoms with van der Waals surface area (Å²) in [4.78, 5) is 16.7. The number of benzene rings is 1. The van der Waals surface area contributed by atoms with Crippen molar-refractivity contribution in [2.75, 3.05) is 0 Å². The van der Waals surface area contributed by atoms with Gasteiger partial charge in [0.1, 0.15) is 0 Å². The van der Waals surface area contributed by atoms with E-state index >= 15 is 0 Å². The van der Waals surface area contributed by atoms with E-state index in [1.165, 1.54) is 41.2 Å². The molecule has 0 radical (unpaired) electrons. The normalized spacial score (nSPS) is 11.8. The van der Waals surface area contributed by atoms with Gasteiger partial charge < -0.3 is 10.2 Å². The molecule has 2 heterocycles. The zero-order valence-corrected chi connectivity index (χ0v) is 15.5. The average molecular weight is 411 g/mol. The lowest BCUT2D eigenvalue weighted by Gasteiger charge is -2.08. The SMILES string of the molecule is Cc1c(O)n(-c2ccc(SC(F)(F)F)cc2)c(=O)n1Cc1ccncc1CO.